The molecular weight excluding hydrogens is 312 g/mol. The number of amides is 1. The second kappa shape index (κ2) is 6.17. The van der Waals surface area contributed by atoms with Crippen LogP contribution in [0, 0.1) is 6.92 Å². The fourth-order valence-corrected chi connectivity index (χ4v) is 4.79. The summed E-state index contributed by atoms with van der Waals surface area (Å²) in [6.45, 7) is 4.95. The van der Waals surface area contributed by atoms with Crippen molar-refractivity contribution in [1.82, 2.24) is 9.88 Å². The summed E-state index contributed by atoms with van der Waals surface area (Å²) in [5.41, 5.74) is 3.09. The molecule has 1 saturated heterocycles. The van der Waals surface area contributed by atoms with Crippen molar-refractivity contribution >= 4 is 16.8 Å². The van der Waals surface area contributed by atoms with E-state index in [0.29, 0.717) is 13.0 Å². The largest absolute Gasteiger partial charge is 0.390 e. The Morgan fingerprint density at radius 3 is 3.12 bits per heavy atom. The lowest BCUT2D eigenvalue weighted by atomic mass is 9.76. The average Bonchev–Trinajstić information content (AvgIpc) is 2.97. The van der Waals surface area contributed by atoms with E-state index in [4.69, 9.17) is 0 Å². The molecule has 1 aliphatic heterocycles. The van der Waals surface area contributed by atoms with E-state index >= 15 is 0 Å². The SMILES string of the molecule is Cc1ccc2[nH]cc(C(C)CC(=O)N3CCC4(O)CCCC3C4)c2c1. The van der Waals surface area contributed by atoms with Gasteiger partial charge in [-0.15, -0.1) is 0 Å². The van der Waals surface area contributed by atoms with Gasteiger partial charge in [-0.3, -0.25) is 4.79 Å². The van der Waals surface area contributed by atoms with Gasteiger partial charge < -0.3 is 15.0 Å². The Bertz CT molecular complexity index is 796. The van der Waals surface area contributed by atoms with Crippen LogP contribution in [0.2, 0.25) is 0 Å². The molecule has 0 spiro atoms. The summed E-state index contributed by atoms with van der Waals surface area (Å²) in [5.74, 6) is 0.427. The quantitative estimate of drug-likeness (QED) is 0.891. The van der Waals surface area contributed by atoms with Gasteiger partial charge in [-0.1, -0.05) is 18.6 Å². The van der Waals surface area contributed by atoms with Crippen molar-refractivity contribution in [2.45, 2.75) is 69.9 Å². The molecule has 4 rings (SSSR count). The standard InChI is InChI=1S/C21H28N2O2/c1-14-5-6-19-17(10-14)18(13-22-19)15(2)11-20(24)23-9-8-21(25)7-3-4-16(23)12-21/h5-6,10,13,15-16,22,25H,3-4,7-9,11-12H2,1-2H3. The maximum Gasteiger partial charge on any atom is 0.223 e. The Morgan fingerprint density at radius 1 is 1.44 bits per heavy atom. The molecule has 2 bridgehead atoms. The molecule has 1 saturated carbocycles. The fraction of sp³-hybridized carbons (Fsp3) is 0.571. The first-order valence-corrected chi connectivity index (χ1v) is 9.55. The van der Waals surface area contributed by atoms with Gasteiger partial charge in [0.1, 0.15) is 0 Å². The van der Waals surface area contributed by atoms with E-state index in [-0.39, 0.29) is 17.9 Å². The Morgan fingerprint density at radius 2 is 2.28 bits per heavy atom. The molecule has 1 aromatic heterocycles. The molecule has 2 aliphatic rings. The second-order valence-electron chi connectivity index (χ2n) is 8.21. The molecule has 1 amide bonds. The highest BCUT2D eigenvalue weighted by Crippen LogP contribution is 2.39. The predicted molar refractivity (Wildman–Crippen MR) is 99.6 cm³/mol. The topological polar surface area (TPSA) is 56.3 Å². The van der Waals surface area contributed by atoms with Crippen molar-refractivity contribution in [3.63, 3.8) is 0 Å². The number of carbonyl (C=O) groups is 1. The van der Waals surface area contributed by atoms with Crippen molar-refractivity contribution in [2.75, 3.05) is 6.54 Å². The van der Waals surface area contributed by atoms with E-state index in [1.54, 1.807) is 0 Å². The Balaban J connectivity index is 1.49. The van der Waals surface area contributed by atoms with E-state index in [1.807, 2.05) is 4.90 Å². The number of nitrogens with one attached hydrogen (secondary N) is 1. The normalized spacial score (nSPS) is 27.5. The summed E-state index contributed by atoms with van der Waals surface area (Å²) in [6.07, 6.45) is 7.05. The zero-order valence-electron chi connectivity index (χ0n) is 15.2. The lowest BCUT2D eigenvalue weighted by Gasteiger charge is -2.48. The molecule has 1 aromatic carbocycles. The fourth-order valence-electron chi connectivity index (χ4n) is 4.79. The number of nitrogens with zero attached hydrogens (tertiary/aromatic N) is 1. The maximum absolute atomic E-state index is 12.9. The van der Waals surface area contributed by atoms with E-state index < -0.39 is 5.60 Å². The van der Waals surface area contributed by atoms with Gasteiger partial charge in [0.05, 0.1) is 5.60 Å². The molecule has 4 heteroatoms. The number of likely N-dealkylation sites (tertiary alicyclic amines) is 1. The third-order valence-corrected chi connectivity index (χ3v) is 6.26. The molecule has 2 N–H and O–H groups in total. The molecular formula is C21H28N2O2. The van der Waals surface area contributed by atoms with E-state index in [2.05, 4.69) is 43.2 Å². The molecule has 3 atom stereocenters. The molecule has 4 nitrogen and oxygen atoms in total. The maximum atomic E-state index is 12.9. The smallest absolute Gasteiger partial charge is 0.223 e. The molecule has 25 heavy (non-hydrogen) atoms. The van der Waals surface area contributed by atoms with Gasteiger partial charge in [-0.2, -0.15) is 0 Å². The zero-order valence-corrected chi connectivity index (χ0v) is 15.2. The number of benzene rings is 1. The number of H-pyrrole nitrogens is 1. The Labute approximate surface area is 149 Å². The number of rotatable bonds is 3. The van der Waals surface area contributed by atoms with Gasteiger partial charge >= 0.3 is 0 Å². The minimum atomic E-state index is -0.514. The summed E-state index contributed by atoms with van der Waals surface area (Å²) in [5, 5.41) is 11.8. The second-order valence-corrected chi connectivity index (χ2v) is 8.21. The third-order valence-electron chi connectivity index (χ3n) is 6.26. The molecule has 2 aromatic rings. The van der Waals surface area contributed by atoms with Crippen LogP contribution in [0.5, 0.6) is 0 Å². The number of carbonyl (C=O) groups excluding carboxylic acids is 1. The highest BCUT2D eigenvalue weighted by atomic mass is 16.3. The summed E-state index contributed by atoms with van der Waals surface area (Å²) >= 11 is 0. The number of piperidine rings is 1. The van der Waals surface area contributed by atoms with Crippen LogP contribution in [0.4, 0.5) is 0 Å². The van der Waals surface area contributed by atoms with Crippen molar-refractivity contribution in [1.29, 1.82) is 0 Å². The molecule has 134 valence electrons. The minimum Gasteiger partial charge on any atom is -0.390 e. The van der Waals surface area contributed by atoms with Crippen LogP contribution in [0.15, 0.2) is 24.4 Å². The number of hydrogen-bond donors (Lipinski definition) is 2. The number of fused-ring (bicyclic) bond motifs is 3. The number of aryl methyl sites for hydroxylation is 1. The molecule has 1 aliphatic carbocycles. The lowest BCUT2D eigenvalue weighted by Crippen LogP contribution is -2.55. The van der Waals surface area contributed by atoms with Crippen molar-refractivity contribution in [3.8, 4) is 0 Å². The first-order chi connectivity index (χ1) is 12.0. The summed E-state index contributed by atoms with van der Waals surface area (Å²) in [4.78, 5) is 18.3. The van der Waals surface area contributed by atoms with Gasteiger partial charge in [0.2, 0.25) is 5.91 Å². The zero-order chi connectivity index (χ0) is 17.6. The van der Waals surface area contributed by atoms with Crippen LogP contribution in [0.25, 0.3) is 10.9 Å². The predicted octanol–water partition coefficient (Wildman–Crippen LogP) is 3.88. The lowest BCUT2D eigenvalue weighted by molar-refractivity contribution is -0.144. The van der Waals surface area contributed by atoms with Crippen LogP contribution in [-0.2, 0) is 4.79 Å². The van der Waals surface area contributed by atoms with Crippen LogP contribution in [0.1, 0.15) is 62.5 Å². The minimum absolute atomic E-state index is 0.187. The van der Waals surface area contributed by atoms with Crippen molar-refractivity contribution < 1.29 is 9.90 Å². The van der Waals surface area contributed by atoms with Crippen LogP contribution < -0.4 is 0 Å². The molecule has 2 fully saturated rings. The Hall–Kier alpha value is -1.81. The summed E-state index contributed by atoms with van der Waals surface area (Å²) in [6, 6.07) is 6.65. The van der Waals surface area contributed by atoms with Crippen molar-refractivity contribution in [3.05, 3.63) is 35.5 Å². The van der Waals surface area contributed by atoms with Crippen LogP contribution in [0.3, 0.4) is 0 Å². The number of aromatic nitrogens is 1. The van der Waals surface area contributed by atoms with E-state index in [1.165, 1.54) is 16.5 Å². The third kappa shape index (κ3) is 3.08. The van der Waals surface area contributed by atoms with Gasteiger partial charge in [0.15, 0.2) is 0 Å². The van der Waals surface area contributed by atoms with Gasteiger partial charge in [-0.05, 0) is 62.6 Å². The van der Waals surface area contributed by atoms with E-state index in [9.17, 15) is 9.90 Å². The number of aliphatic hydroxyl groups is 1. The number of hydrogen-bond acceptors (Lipinski definition) is 2. The van der Waals surface area contributed by atoms with Gasteiger partial charge in [-0.25, -0.2) is 0 Å². The van der Waals surface area contributed by atoms with Gasteiger partial charge in [0, 0.05) is 36.1 Å². The summed E-state index contributed by atoms with van der Waals surface area (Å²) < 4.78 is 0. The average molecular weight is 340 g/mol. The molecule has 3 unspecified atom stereocenters. The first kappa shape index (κ1) is 16.6. The monoisotopic (exact) mass is 340 g/mol. The first-order valence-electron chi connectivity index (χ1n) is 9.55. The Kier molecular flexibility index (Phi) is 4.11. The van der Waals surface area contributed by atoms with Gasteiger partial charge in [0.25, 0.3) is 0 Å². The van der Waals surface area contributed by atoms with E-state index in [0.717, 1.165) is 37.6 Å². The summed E-state index contributed by atoms with van der Waals surface area (Å²) in [7, 11) is 0. The highest BCUT2D eigenvalue weighted by molar-refractivity contribution is 5.85. The molecule has 2 heterocycles. The highest BCUT2D eigenvalue weighted by Gasteiger charge is 2.42. The van der Waals surface area contributed by atoms with Crippen LogP contribution in [-0.4, -0.2) is 39.1 Å². The van der Waals surface area contributed by atoms with Crippen molar-refractivity contribution in [2.24, 2.45) is 0 Å². The van der Waals surface area contributed by atoms with Crippen LogP contribution >= 0.6 is 0 Å². The number of aromatic amines is 1. The molecule has 0 radical (unpaired) electrons.